The van der Waals surface area contributed by atoms with Crippen LogP contribution in [0.25, 0.3) is 10.8 Å². The zero-order chi connectivity index (χ0) is 21.6. The Morgan fingerprint density at radius 2 is 1.65 bits per heavy atom. The molecule has 1 fully saturated rings. The third-order valence-corrected chi connectivity index (χ3v) is 6.27. The number of aromatic nitrogens is 1. The molecule has 0 unspecified atom stereocenters. The summed E-state index contributed by atoms with van der Waals surface area (Å²) in [6, 6.07) is 7.32. The summed E-state index contributed by atoms with van der Waals surface area (Å²) in [5.41, 5.74) is 0.533. The Labute approximate surface area is 180 Å². The van der Waals surface area contributed by atoms with Crippen molar-refractivity contribution < 1.29 is 28.6 Å². The fraction of sp³-hybridized carbons (Fsp3) is 0.250. The summed E-state index contributed by atoms with van der Waals surface area (Å²) in [4.78, 5) is 2.08. The van der Waals surface area contributed by atoms with Gasteiger partial charge in [0, 0.05) is 35.9 Å². The lowest BCUT2D eigenvalue weighted by atomic mass is 9.89. The fourth-order valence-corrected chi connectivity index (χ4v) is 4.08. The van der Waals surface area contributed by atoms with Gasteiger partial charge >= 0.3 is 10.2 Å². The summed E-state index contributed by atoms with van der Waals surface area (Å²) in [5, 5.41) is 4.85. The second kappa shape index (κ2) is 7.46. The average molecular weight is 485 g/mol. The molecule has 4 rings (SSSR count). The predicted octanol–water partition coefficient (Wildman–Crippen LogP) is 7.15. The molecule has 0 saturated heterocycles. The van der Waals surface area contributed by atoms with Crippen molar-refractivity contribution in [1.29, 1.82) is 0 Å². The van der Waals surface area contributed by atoms with Gasteiger partial charge in [-0.25, -0.2) is 4.39 Å². The van der Waals surface area contributed by atoms with Crippen LogP contribution in [0.5, 0.6) is 5.75 Å². The van der Waals surface area contributed by atoms with Gasteiger partial charge in [0.05, 0.1) is 0 Å². The first-order valence-electron chi connectivity index (χ1n) is 9.14. The van der Waals surface area contributed by atoms with Gasteiger partial charge in [-0.3, -0.25) is 4.98 Å². The summed E-state index contributed by atoms with van der Waals surface area (Å²) >= 11 is 0. The topological polar surface area (TPSA) is 34.2 Å². The molecule has 170 valence electrons. The molecule has 3 nitrogen and oxygen atoms in total. The van der Waals surface area contributed by atoms with Gasteiger partial charge in [0.1, 0.15) is 22.6 Å². The molecule has 0 amide bonds. The zero-order valence-electron chi connectivity index (χ0n) is 15.9. The highest BCUT2D eigenvalue weighted by atomic mass is 35.5. The van der Waals surface area contributed by atoms with Crippen LogP contribution in [0, 0.1) is 5.82 Å². The van der Waals surface area contributed by atoms with Crippen molar-refractivity contribution in [2.75, 3.05) is 0 Å². The molecule has 0 bridgehead atoms. The third-order valence-electron chi connectivity index (χ3n) is 5.11. The van der Waals surface area contributed by atoms with Crippen LogP contribution < -0.4 is 10.1 Å². The molecule has 0 aliphatic heterocycles. The molecular weight excluding hydrogens is 466 g/mol. The monoisotopic (exact) mass is 484 g/mol. The number of ether oxygens (including phenoxy) is 1. The minimum absolute atomic E-state index is 0. The second-order valence-corrected chi connectivity index (χ2v) is 9.76. The van der Waals surface area contributed by atoms with E-state index in [0.29, 0.717) is 37.1 Å². The molecule has 31 heavy (non-hydrogen) atoms. The van der Waals surface area contributed by atoms with Crippen LogP contribution >= 0.6 is 22.6 Å². The minimum atomic E-state index is -9.68. The molecule has 1 saturated carbocycles. The Kier molecular flexibility index (Phi) is 5.65. The molecule has 11 heteroatoms. The highest BCUT2D eigenvalue weighted by Crippen LogP contribution is 3.02. The number of pyridine rings is 1. The first-order chi connectivity index (χ1) is 13.9. The van der Waals surface area contributed by atoms with Crippen LogP contribution in [0.1, 0.15) is 18.4 Å². The van der Waals surface area contributed by atoms with Gasteiger partial charge in [0.15, 0.2) is 0 Å². The maximum Gasteiger partial charge on any atom is 0.310 e. The van der Waals surface area contributed by atoms with E-state index in [1.54, 1.807) is 24.5 Å². The SMILES string of the molecule is Cl.Fc1ccc2cnccc2c1CNC1CC(Oc2ccc(S(F)(F)(F)(F)F)cc2)C1. The highest BCUT2D eigenvalue weighted by molar-refractivity contribution is 8.45. The van der Waals surface area contributed by atoms with Crippen LogP contribution in [0.2, 0.25) is 0 Å². The van der Waals surface area contributed by atoms with Crippen LogP contribution in [0.15, 0.2) is 59.8 Å². The normalized spacial score (nSPS) is 20.8. The first kappa shape index (κ1) is 23.5. The summed E-state index contributed by atoms with van der Waals surface area (Å²) in [5.74, 6) is -0.228. The number of rotatable bonds is 6. The van der Waals surface area contributed by atoms with Crippen molar-refractivity contribution in [1.82, 2.24) is 10.3 Å². The van der Waals surface area contributed by atoms with Gasteiger partial charge in [-0.1, -0.05) is 19.4 Å². The molecule has 0 atom stereocenters. The van der Waals surface area contributed by atoms with E-state index in [-0.39, 0.29) is 36.1 Å². The molecule has 0 radical (unpaired) electrons. The van der Waals surface area contributed by atoms with Crippen molar-refractivity contribution in [2.45, 2.75) is 36.4 Å². The van der Waals surface area contributed by atoms with Crippen LogP contribution in [0.4, 0.5) is 23.8 Å². The van der Waals surface area contributed by atoms with E-state index < -0.39 is 15.1 Å². The Morgan fingerprint density at radius 1 is 0.968 bits per heavy atom. The number of fused-ring (bicyclic) bond motifs is 1. The van der Waals surface area contributed by atoms with Gasteiger partial charge in [-0.05, 0) is 60.7 Å². The van der Waals surface area contributed by atoms with E-state index in [9.17, 15) is 23.8 Å². The summed E-state index contributed by atoms with van der Waals surface area (Å²) < 4.78 is 83.5. The first-order valence-corrected chi connectivity index (χ1v) is 11.1. The number of benzene rings is 2. The number of hydrogen-bond acceptors (Lipinski definition) is 3. The zero-order valence-corrected chi connectivity index (χ0v) is 17.5. The molecule has 1 aliphatic carbocycles. The molecular formula is C20H19ClF6N2OS. The molecule has 2 aromatic carbocycles. The molecule has 3 aromatic rings. The average Bonchev–Trinajstić information content (AvgIpc) is 2.63. The van der Waals surface area contributed by atoms with Gasteiger partial charge < -0.3 is 10.1 Å². The van der Waals surface area contributed by atoms with E-state index in [1.807, 2.05) is 0 Å². The van der Waals surface area contributed by atoms with Crippen LogP contribution in [0.3, 0.4) is 0 Å². The Balaban J connectivity index is 0.00000272. The van der Waals surface area contributed by atoms with Crippen molar-refractivity contribution >= 4 is 33.4 Å². The lowest BCUT2D eigenvalue weighted by Crippen LogP contribution is -2.46. The van der Waals surface area contributed by atoms with E-state index in [0.717, 1.165) is 22.9 Å². The van der Waals surface area contributed by atoms with E-state index in [2.05, 4.69) is 10.3 Å². The highest BCUT2D eigenvalue weighted by Gasteiger charge is 2.65. The molecule has 1 heterocycles. The summed E-state index contributed by atoms with van der Waals surface area (Å²) in [7, 11) is -9.68. The van der Waals surface area contributed by atoms with Gasteiger partial charge in [0.2, 0.25) is 0 Å². The minimum Gasteiger partial charge on any atom is -0.490 e. The standard InChI is InChI=1S/C20H18F6N2OS.ClH/c21-20-6-1-13-11-27-8-7-18(13)19(20)12-28-14-9-16(10-14)29-15-2-4-17(5-3-15)30(22,23,24,25)26;/h1-8,11,14,16,28H,9-10,12H2;1H. The maximum absolute atomic E-state index is 14.2. The van der Waals surface area contributed by atoms with Crippen molar-refractivity contribution in [3.63, 3.8) is 0 Å². The lowest BCUT2D eigenvalue weighted by Gasteiger charge is -2.40. The number of halogens is 7. The molecule has 1 aliphatic rings. The third kappa shape index (κ3) is 5.36. The number of nitrogens with zero attached hydrogens (tertiary/aromatic N) is 1. The second-order valence-electron chi connectivity index (χ2n) is 7.35. The van der Waals surface area contributed by atoms with Gasteiger partial charge in [0.25, 0.3) is 0 Å². The lowest BCUT2D eigenvalue weighted by molar-refractivity contribution is 0.0842. The summed E-state index contributed by atoms with van der Waals surface area (Å²) in [6.45, 7) is 0.309. The Morgan fingerprint density at radius 3 is 2.29 bits per heavy atom. The van der Waals surface area contributed by atoms with Crippen LogP contribution in [-0.4, -0.2) is 17.1 Å². The Bertz CT molecular complexity index is 1090. The molecule has 1 N–H and O–H groups in total. The quantitative estimate of drug-likeness (QED) is 0.377. The van der Waals surface area contributed by atoms with E-state index in [1.165, 1.54) is 6.07 Å². The fourth-order valence-electron chi connectivity index (χ4n) is 3.43. The van der Waals surface area contributed by atoms with E-state index in [4.69, 9.17) is 4.74 Å². The van der Waals surface area contributed by atoms with E-state index >= 15 is 0 Å². The van der Waals surface area contributed by atoms with Crippen LogP contribution in [-0.2, 0) is 6.54 Å². The largest absolute Gasteiger partial charge is 0.490 e. The van der Waals surface area contributed by atoms with Crippen molar-refractivity contribution in [2.24, 2.45) is 0 Å². The smallest absolute Gasteiger partial charge is 0.310 e. The maximum atomic E-state index is 14.2. The molecule has 0 spiro atoms. The molecule has 1 aromatic heterocycles. The van der Waals surface area contributed by atoms with Gasteiger partial charge in [-0.2, -0.15) is 0 Å². The number of nitrogens with one attached hydrogen (secondary N) is 1. The summed E-state index contributed by atoms with van der Waals surface area (Å²) in [6.07, 6.45) is 4.14. The Hall–Kier alpha value is -2.17. The van der Waals surface area contributed by atoms with Gasteiger partial charge in [-0.15, -0.1) is 12.4 Å². The predicted molar refractivity (Wildman–Crippen MR) is 111 cm³/mol. The number of hydrogen-bond donors (Lipinski definition) is 1. The van der Waals surface area contributed by atoms with Crippen molar-refractivity contribution in [3.05, 3.63) is 66.2 Å². The van der Waals surface area contributed by atoms with Crippen molar-refractivity contribution in [3.8, 4) is 5.75 Å².